The van der Waals surface area contributed by atoms with Gasteiger partial charge < -0.3 is 14.6 Å². The number of carbonyl (C=O) groups is 1. The van der Waals surface area contributed by atoms with Gasteiger partial charge in [0.2, 0.25) is 5.91 Å². The van der Waals surface area contributed by atoms with Crippen molar-refractivity contribution in [1.29, 1.82) is 0 Å². The summed E-state index contributed by atoms with van der Waals surface area (Å²) in [6.07, 6.45) is 5.15. The third-order valence-corrected chi connectivity index (χ3v) is 6.38. The summed E-state index contributed by atoms with van der Waals surface area (Å²) in [6, 6.07) is 18.0. The predicted octanol–water partition coefficient (Wildman–Crippen LogP) is 4.69. The van der Waals surface area contributed by atoms with Crippen molar-refractivity contribution in [3.05, 3.63) is 60.2 Å². The Balaban J connectivity index is 1.35. The van der Waals surface area contributed by atoms with Gasteiger partial charge in [-0.3, -0.25) is 4.79 Å². The van der Waals surface area contributed by atoms with Crippen molar-refractivity contribution in [2.24, 2.45) is 0 Å². The van der Waals surface area contributed by atoms with E-state index in [9.17, 15) is 4.79 Å². The number of aromatic nitrogens is 3. The molecule has 0 radical (unpaired) electrons. The molecule has 1 amide bonds. The van der Waals surface area contributed by atoms with E-state index >= 15 is 0 Å². The van der Waals surface area contributed by atoms with E-state index in [1.165, 1.54) is 24.6 Å². The minimum atomic E-state index is -0.0190. The van der Waals surface area contributed by atoms with Gasteiger partial charge in [0, 0.05) is 18.7 Å². The summed E-state index contributed by atoms with van der Waals surface area (Å²) < 4.78 is 8.10. The van der Waals surface area contributed by atoms with Crippen LogP contribution in [0.2, 0.25) is 0 Å². The highest BCUT2D eigenvalue weighted by Crippen LogP contribution is 2.28. The summed E-state index contributed by atoms with van der Waals surface area (Å²) in [5, 5.41) is 12.4. The molecule has 3 aromatic rings. The molecule has 0 atom stereocenters. The quantitative estimate of drug-likeness (QED) is 0.493. The number of nitrogens with one attached hydrogen (secondary N) is 1. The van der Waals surface area contributed by atoms with Crippen LogP contribution in [0.3, 0.4) is 0 Å². The molecule has 31 heavy (non-hydrogen) atoms. The lowest BCUT2D eigenvalue weighted by Gasteiger charge is -2.13. The van der Waals surface area contributed by atoms with Gasteiger partial charge in [-0.15, -0.1) is 10.2 Å². The summed E-state index contributed by atoms with van der Waals surface area (Å²) in [5.41, 5.74) is 2.08. The summed E-state index contributed by atoms with van der Waals surface area (Å²) in [5.74, 6) is 2.00. The molecule has 7 heteroatoms. The van der Waals surface area contributed by atoms with Crippen LogP contribution in [0, 0.1) is 0 Å². The van der Waals surface area contributed by atoms with Crippen LogP contribution in [-0.2, 0) is 17.9 Å². The molecular weight excluding hydrogens is 408 g/mol. The molecule has 2 aromatic carbocycles. The summed E-state index contributed by atoms with van der Waals surface area (Å²) in [4.78, 5) is 12.2. The Labute approximate surface area is 187 Å². The molecule has 1 aliphatic carbocycles. The highest BCUT2D eigenvalue weighted by atomic mass is 32.2. The van der Waals surface area contributed by atoms with Crippen LogP contribution in [0.25, 0.3) is 11.4 Å². The zero-order valence-corrected chi connectivity index (χ0v) is 18.6. The third-order valence-electron chi connectivity index (χ3n) is 5.42. The Hall–Kier alpha value is -2.80. The van der Waals surface area contributed by atoms with Crippen molar-refractivity contribution in [3.63, 3.8) is 0 Å². The molecule has 0 spiro atoms. The van der Waals surface area contributed by atoms with Gasteiger partial charge in [-0.2, -0.15) is 0 Å². The van der Waals surface area contributed by atoms with Gasteiger partial charge in [0.1, 0.15) is 5.75 Å². The summed E-state index contributed by atoms with van der Waals surface area (Å²) in [7, 11) is 0. The molecule has 1 N–H and O–H groups in total. The van der Waals surface area contributed by atoms with E-state index in [-0.39, 0.29) is 5.91 Å². The summed E-state index contributed by atoms with van der Waals surface area (Å²) in [6.45, 7) is 3.32. The Kier molecular flexibility index (Phi) is 7.25. The molecular formula is C24H28N4O2S. The van der Waals surface area contributed by atoms with E-state index in [1.54, 1.807) is 0 Å². The monoisotopic (exact) mass is 436 g/mol. The Bertz CT molecular complexity index is 983. The van der Waals surface area contributed by atoms with Crippen LogP contribution in [0.15, 0.2) is 59.8 Å². The highest BCUT2D eigenvalue weighted by molar-refractivity contribution is 7.99. The highest BCUT2D eigenvalue weighted by Gasteiger charge is 2.17. The Morgan fingerprint density at radius 1 is 1.10 bits per heavy atom. The van der Waals surface area contributed by atoms with Gasteiger partial charge in [0.05, 0.1) is 11.9 Å². The first-order chi connectivity index (χ1) is 15.2. The molecule has 0 aliphatic heterocycles. The molecule has 1 aromatic heterocycles. The zero-order chi connectivity index (χ0) is 21.5. The lowest BCUT2D eigenvalue weighted by Crippen LogP contribution is -2.24. The smallest absolute Gasteiger partial charge is 0.230 e. The minimum Gasteiger partial charge on any atom is -0.490 e. The van der Waals surface area contributed by atoms with Crippen molar-refractivity contribution in [3.8, 4) is 17.1 Å². The lowest BCUT2D eigenvalue weighted by atomic mass is 10.2. The van der Waals surface area contributed by atoms with Gasteiger partial charge in [-0.05, 0) is 62.4 Å². The van der Waals surface area contributed by atoms with Crippen molar-refractivity contribution in [2.45, 2.75) is 57.0 Å². The van der Waals surface area contributed by atoms with E-state index in [1.807, 2.05) is 59.2 Å². The van der Waals surface area contributed by atoms with Crippen LogP contribution >= 0.6 is 11.8 Å². The van der Waals surface area contributed by atoms with Crippen LogP contribution < -0.4 is 10.1 Å². The second-order valence-corrected chi connectivity index (χ2v) is 8.59. The maximum Gasteiger partial charge on any atom is 0.230 e. The normalized spacial score (nSPS) is 14.0. The number of carbonyl (C=O) groups excluding carboxylic acids is 1. The zero-order valence-electron chi connectivity index (χ0n) is 17.8. The molecule has 1 fully saturated rings. The molecule has 0 saturated heterocycles. The molecule has 6 nitrogen and oxygen atoms in total. The maximum absolute atomic E-state index is 12.2. The first-order valence-corrected chi connectivity index (χ1v) is 11.8. The molecule has 1 heterocycles. The number of amides is 1. The molecule has 162 valence electrons. The van der Waals surface area contributed by atoms with Gasteiger partial charge >= 0.3 is 0 Å². The SMILES string of the molecule is CCn1c(SCC(=O)NCc2ccccc2)nnc1-c1ccc(OC2CCCC2)cc1. The number of ether oxygens (including phenoxy) is 1. The van der Waals surface area contributed by atoms with Crippen LogP contribution in [0.1, 0.15) is 38.2 Å². The number of thioether (sulfide) groups is 1. The molecule has 0 bridgehead atoms. The minimum absolute atomic E-state index is 0.0190. The Morgan fingerprint density at radius 3 is 2.55 bits per heavy atom. The molecule has 1 saturated carbocycles. The second kappa shape index (κ2) is 10.5. The topological polar surface area (TPSA) is 69.0 Å². The van der Waals surface area contributed by atoms with E-state index < -0.39 is 0 Å². The van der Waals surface area contributed by atoms with E-state index in [0.29, 0.717) is 18.4 Å². The lowest BCUT2D eigenvalue weighted by molar-refractivity contribution is -0.118. The van der Waals surface area contributed by atoms with Crippen molar-refractivity contribution in [1.82, 2.24) is 20.1 Å². The number of hydrogen-bond acceptors (Lipinski definition) is 5. The summed E-state index contributed by atoms with van der Waals surface area (Å²) >= 11 is 1.41. The largest absolute Gasteiger partial charge is 0.490 e. The first kappa shape index (κ1) is 21.4. The average molecular weight is 437 g/mol. The predicted molar refractivity (Wildman–Crippen MR) is 123 cm³/mol. The van der Waals surface area contributed by atoms with Crippen LogP contribution in [0.4, 0.5) is 0 Å². The van der Waals surface area contributed by atoms with Gasteiger partial charge in [-0.1, -0.05) is 42.1 Å². The number of nitrogens with zero attached hydrogens (tertiary/aromatic N) is 3. The second-order valence-electron chi connectivity index (χ2n) is 7.65. The van der Waals surface area contributed by atoms with Gasteiger partial charge in [0.25, 0.3) is 0 Å². The number of benzene rings is 2. The van der Waals surface area contributed by atoms with E-state index in [0.717, 1.165) is 47.2 Å². The maximum atomic E-state index is 12.2. The third kappa shape index (κ3) is 5.67. The molecule has 1 aliphatic rings. The standard InChI is InChI=1S/C24H28N4O2S/c1-2-28-23(19-12-14-21(15-13-19)30-20-10-6-7-11-20)26-27-24(28)31-17-22(29)25-16-18-8-4-3-5-9-18/h3-5,8-9,12-15,20H,2,6-7,10-11,16-17H2,1H3,(H,25,29). The fourth-order valence-electron chi connectivity index (χ4n) is 3.75. The average Bonchev–Trinajstić information content (AvgIpc) is 3.47. The van der Waals surface area contributed by atoms with Crippen molar-refractivity contribution < 1.29 is 9.53 Å². The Morgan fingerprint density at radius 2 is 1.84 bits per heavy atom. The molecule has 0 unspecified atom stereocenters. The van der Waals surface area contributed by atoms with Crippen LogP contribution in [0.5, 0.6) is 5.75 Å². The van der Waals surface area contributed by atoms with E-state index in [4.69, 9.17) is 4.74 Å². The molecule has 4 rings (SSSR count). The fourth-order valence-corrected chi connectivity index (χ4v) is 4.59. The van der Waals surface area contributed by atoms with E-state index in [2.05, 4.69) is 22.4 Å². The number of rotatable bonds is 9. The van der Waals surface area contributed by atoms with Crippen molar-refractivity contribution >= 4 is 17.7 Å². The van der Waals surface area contributed by atoms with Crippen molar-refractivity contribution in [2.75, 3.05) is 5.75 Å². The van der Waals surface area contributed by atoms with Crippen LogP contribution in [-0.4, -0.2) is 32.5 Å². The number of hydrogen-bond donors (Lipinski definition) is 1. The first-order valence-electron chi connectivity index (χ1n) is 10.9. The fraction of sp³-hybridized carbons (Fsp3) is 0.375. The van der Waals surface area contributed by atoms with Gasteiger partial charge in [0.15, 0.2) is 11.0 Å². The van der Waals surface area contributed by atoms with Gasteiger partial charge in [-0.25, -0.2) is 0 Å².